The van der Waals surface area contributed by atoms with Crippen molar-refractivity contribution in [2.45, 2.75) is 6.04 Å². The number of hydrogen-bond donors (Lipinski definition) is 2. The molecule has 1 heterocycles. The van der Waals surface area contributed by atoms with E-state index >= 15 is 0 Å². The topological polar surface area (TPSA) is 67.8 Å². The predicted octanol–water partition coefficient (Wildman–Crippen LogP) is 0.724. The lowest BCUT2D eigenvalue weighted by atomic mass is 10.1. The Morgan fingerprint density at radius 1 is 1.33 bits per heavy atom. The van der Waals surface area contributed by atoms with E-state index in [4.69, 9.17) is 9.47 Å². The highest BCUT2D eigenvalue weighted by Gasteiger charge is 2.19. The van der Waals surface area contributed by atoms with Crippen LogP contribution in [0.15, 0.2) is 42.4 Å². The molecule has 2 N–H and O–H groups in total. The van der Waals surface area contributed by atoms with Gasteiger partial charge in [0.2, 0.25) is 5.76 Å². The molecule has 96 valence electrons. The van der Waals surface area contributed by atoms with Crippen molar-refractivity contribution in [3.63, 3.8) is 0 Å². The predicted molar refractivity (Wildman–Crippen MR) is 64.4 cm³/mol. The lowest BCUT2D eigenvalue weighted by molar-refractivity contribution is -0.123. The molecular weight excluding hydrogens is 234 g/mol. The van der Waals surface area contributed by atoms with E-state index in [1.807, 2.05) is 30.3 Å². The number of carbonyl (C=O) groups excluding carboxylic acids is 1. The first-order valence-electron chi connectivity index (χ1n) is 5.72. The summed E-state index contributed by atoms with van der Waals surface area (Å²) in [6.07, 6.45) is 1.29. The fourth-order valence-corrected chi connectivity index (χ4v) is 1.64. The van der Waals surface area contributed by atoms with E-state index in [1.54, 1.807) is 0 Å². The van der Waals surface area contributed by atoms with Gasteiger partial charge in [0.1, 0.15) is 19.5 Å². The Balaban J connectivity index is 2.02. The van der Waals surface area contributed by atoms with Crippen molar-refractivity contribution in [3.05, 3.63) is 47.9 Å². The normalized spacial score (nSPS) is 15.9. The molecule has 0 spiro atoms. The van der Waals surface area contributed by atoms with Gasteiger partial charge in [0.15, 0.2) is 0 Å². The Labute approximate surface area is 105 Å². The van der Waals surface area contributed by atoms with E-state index in [2.05, 4.69) is 5.32 Å². The van der Waals surface area contributed by atoms with Gasteiger partial charge in [-0.1, -0.05) is 30.3 Å². The van der Waals surface area contributed by atoms with Crippen molar-refractivity contribution >= 4 is 5.91 Å². The minimum absolute atomic E-state index is 0.135. The van der Waals surface area contributed by atoms with Crippen LogP contribution in [0, 0.1) is 0 Å². The molecule has 5 heteroatoms. The summed E-state index contributed by atoms with van der Waals surface area (Å²) in [5, 5.41) is 12.0. The maximum atomic E-state index is 11.8. The summed E-state index contributed by atoms with van der Waals surface area (Å²) >= 11 is 0. The number of rotatable bonds is 4. The number of aliphatic hydroxyl groups excluding tert-OH is 1. The van der Waals surface area contributed by atoms with Crippen LogP contribution in [0.1, 0.15) is 11.6 Å². The van der Waals surface area contributed by atoms with Gasteiger partial charge in [-0.05, 0) is 5.56 Å². The summed E-state index contributed by atoms with van der Waals surface area (Å²) in [5.41, 5.74) is 0.839. The number of carbonyl (C=O) groups is 1. The molecule has 0 radical (unpaired) electrons. The zero-order valence-electron chi connectivity index (χ0n) is 9.83. The van der Waals surface area contributed by atoms with Crippen molar-refractivity contribution < 1.29 is 19.4 Å². The highest BCUT2D eigenvalue weighted by atomic mass is 16.6. The van der Waals surface area contributed by atoms with Gasteiger partial charge in [0.05, 0.1) is 12.6 Å². The molecule has 1 aliphatic heterocycles. The molecule has 0 saturated carbocycles. The van der Waals surface area contributed by atoms with Crippen LogP contribution >= 0.6 is 0 Å². The molecule has 1 aromatic rings. The number of aliphatic hydroxyl groups is 1. The summed E-state index contributed by atoms with van der Waals surface area (Å²) in [6.45, 7) is 0.622. The molecule has 1 amide bonds. The van der Waals surface area contributed by atoms with Crippen LogP contribution in [0.3, 0.4) is 0 Å². The first-order chi connectivity index (χ1) is 8.81. The van der Waals surface area contributed by atoms with Gasteiger partial charge in [-0.25, -0.2) is 0 Å². The molecule has 1 aliphatic rings. The second-order valence-corrected chi connectivity index (χ2v) is 3.82. The average Bonchev–Trinajstić information content (AvgIpc) is 2.46. The zero-order chi connectivity index (χ0) is 12.8. The number of ether oxygens (including phenoxy) is 2. The number of benzene rings is 1. The van der Waals surface area contributed by atoms with Crippen LogP contribution in [0.5, 0.6) is 0 Å². The highest BCUT2D eigenvalue weighted by Crippen LogP contribution is 2.13. The van der Waals surface area contributed by atoms with Crippen LogP contribution in [-0.2, 0) is 14.3 Å². The maximum absolute atomic E-state index is 11.8. The van der Waals surface area contributed by atoms with Crippen molar-refractivity contribution in [2.24, 2.45) is 0 Å². The summed E-state index contributed by atoms with van der Waals surface area (Å²) in [7, 11) is 0. The molecule has 0 fully saturated rings. The summed E-state index contributed by atoms with van der Waals surface area (Å²) in [4.78, 5) is 11.8. The third-order valence-corrected chi connectivity index (χ3v) is 2.56. The fourth-order valence-electron chi connectivity index (χ4n) is 1.64. The molecule has 2 rings (SSSR count). The van der Waals surface area contributed by atoms with E-state index in [0.717, 1.165) is 5.56 Å². The van der Waals surface area contributed by atoms with Crippen molar-refractivity contribution in [1.29, 1.82) is 0 Å². The van der Waals surface area contributed by atoms with Gasteiger partial charge in [-0.3, -0.25) is 4.79 Å². The lowest BCUT2D eigenvalue weighted by Gasteiger charge is -2.19. The summed E-state index contributed by atoms with van der Waals surface area (Å²) < 4.78 is 10.2. The van der Waals surface area contributed by atoms with E-state index in [-0.39, 0.29) is 12.4 Å². The average molecular weight is 249 g/mol. The molecular formula is C13H15NO4. The lowest BCUT2D eigenvalue weighted by Crippen LogP contribution is -2.33. The van der Waals surface area contributed by atoms with E-state index in [1.165, 1.54) is 6.26 Å². The van der Waals surface area contributed by atoms with E-state index in [9.17, 15) is 9.90 Å². The number of hydrogen-bond acceptors (Lipinski definition) is 4. The molecule has 1 unspecified atom stereocenters. The third-order valence-electron chi connectivity index (χ3n) is 2.56. The first-order valence-corrected chi connectivity index (χ1v) is 5.72. The van der Waals surface area contributed by atoms with Gasteiger partial charge < -0.3 is 19.9 Å². The molecule has 1 aromatic carbocycles. The second-order valence-electron chi connectivity index (χ2n) is 3.82. The van der Waals surface area contributed by atoms with Gasteiger partial charge >= 0.3 is 0 Å². The first kappa shape index (κ1) is 12.4. The molecule has 0 aliphatic carbocycles. The van der Waals surface area contributed by atoms with E-state index in [0.29, 0.717) is 13.2 Å². The number of nitrogens with one attached hydrogen (secondary N) is 1. The van der Waals surface area contributed by atoms with Gasteiger partial charge in [0.25, 0.3) is 5.91 Å². The molecule has 0 bridgehead atoms. The third kappa shape index (κ3) is 3.01. The quantitative estimate of drug-likeness (QED) is 0.825. The van der Waals surface area contributed by atoms with Crippen molar-refractivity contribution in [1.82, 2.24) is 5.32 Å². The summed E-state index contributed by atoms with van der Waals surface area (Å²) in [6, 6.07) is 8.81. The zero-order valence-corrected chi connectivity index (χ0v) is 9.83. The molecule has 0 saturated heterocycles. The van der Waals surface area contributed by atoms with Gasteiger partial charge in [-0.15, -0.1) is 0 Å². The standard InChI is InChI=1S/C13H15NO4/c15-8-11(10-4-2-1-3-5-10)14-13(16)12-9-17-6-7-18-12/h1-5,9,11,15H,6-8H2,(H,14,16). The second kappa shape index (κ2) is 6.07. The monoisotopic (exact) mass is 249 g/mol. The van der Waals surface area contributed by atoms with Crippen molar-refractivity contribution in [2.75, 3.05) is 19.8 Å². The Morgan fingerprint density at radius 3 is 2.72 bits per heavy atom. The Hall–Kier alpha value is -2.01. The highest BCUT2D eigenvalue weighted by molar-refractivity contribution is 5.91. The molecule has 0 aromatic heterocycles. The minimum Gasteiger partial charge on any atom is -0.494 e. The van der Waals surface area contributed by atoms with Crippen LogP contribution < -0.4 is 5.32 Å². The van der Waals surface area contributed by atoms with Crippen LogP contribution in [0.4, 0.5) is 0 Å². The van der Waals surface area contributed by atoms with Gasteiger partial charge in [-0.2, -0.15) is 0 Å². The Morgan fingerprint density at radius 2 is 2.11 bits per heavy atom. The maximum Gasteiger partial charge on any atom is 0.290 e. The smallest absolute Gasteiger partial charge is 0.290 e. The summed E-state index contributed by atoms with van der Waals surface area (Å²) in [5.74, 6) is -0.256. The Bertz CT molecular complexity index is 430. The Kier molecular flexibility index (Phi) is 4.20. The van der Waals surface area contributed by atoms with Crippen LogP contribution in [0.25, 0.3) is 0 Å². The molecule has 5 nitrogen and oxygen atoms in total. The minimum atomic E-state index is -0.454. The van der Waals surface area contributed by atoms with Gasteiger partial charge in [0, 0.05) is 0 Å². The molecule has 1 atom stereocenters. The van der Waals surface area contributed by atoms with Crippen LogP contribution in [0.2, 0.25) is 0 Å². The largest absolute Gasteiger partial charge is 0.494 e. The van der Waals surface area contributed by atoms with Crippen LogP contribution in [-0.4, -0.2) is 30.8 Å². The van der Waals surface area contributed by atoms with E-state index < -0.39 is 11.9 Å². The SMILES string of the molecule is O=C(NC(CO)c1ccccc1)C1=COCCO1. The fraction of sp³-hybridized carbons (Fsp3) is 0.308. The molecule has 18 heavy (non-hydrogen) atoms. The van der Waals surface area contributed by atoms with Crippen molar-refractivity contribution in [3.8, 4) is 0 Å². The number of amides is 1.